The predicted molar refractivity (Wildman–Crippen MR) is 87.9 cm³/mol. The fourth-order valence-electron chi connectivity index (χ4n) is 1.86. The second-order valence-corrected chi connectivity index (χ2v) is 6.77. The molecule has 1 unspecified atom stereocenters. The van der Waals surface area contributed by atoms with Crippen molar-refractivity contribution in [1.82, 2.24) is 0 Å². The molecule has 1 aromatic carbocycles. The molecular weight excluding hydrogens is 286 g/mol. The van der Waals surface area contributed by atoms with E-state index in [0.717, 1.165) is 17.4 Å². The van der Waals surface area contributed by atoms with E-state index >= 15 is 0 Å². The number of hydrogen-bond donors (Lipinski definition) is 2. The third-order valence-corrected chi connectivity index (χ3v) is 4.64. The van der Waals surface area contributed by atoms with Crippen LogP contribution < -0.4 is 5.32 Å². The zero-order valence-corrected chi connectivity index (χ0v) is 13.7. The van der Waals surface area contributed by atoms with Crippen molar-refractivity contribution in [3.05, 3.63) is 29.8 Å². The third kappa shape index (κ3) is 5.79. The topological polar surface area (TPSA) is 66.4 Å². The lowest BCUT2D eigenvalue weighted by atomic mass is 10.0. The molecule has 1 atom stereocenters. The van der Waals surface area contributed by atoms with Gasteiger partial charge >= 0.3 is 5.97 Å². The Morgan fingerprint density at radius 1 is 1.14 bits per heavy atom. The Balaban J connectivity index is 2.52. The van der Waals surface area contributed by atoms with Crippen LogP contribution in [0.4, 0.5) is 5.69 Å². The first-order chi connectivity index (χ1) is 9.81. The summed E-state index contributed by atoms with van der Waals surface area (Å²) in [6, 6.07) is 7.72. The summed E-state index contributed by atoms with van der Waals surface area (Å²) in [5.74, 6) is -0.465. The summed E-state index contributed by atoms with van der Waals surface area (Å²) in [7, 11) is 0. The van der Waals surface area contributed by atoms with Gasteiger partial charge in [-0.15, -0.1) is 11.8 Å². The first kappa shape index (κ1) is 17.6. The van der Waals surface area contributed by atoms with Crippen LogP contribution in [0.1, 0.15) is 39.2 Å². The van der Waals surface area contributed by atoms with E-state index in [4.69, 9.17) is 5.11 Å². The number of benzene rings is 1. The Morgan fingerprint density at radius 3 is 2.14 bits per heavy atom. The number of thioether (sulfide) groups is 1. The standard InChI is InChI=1S/C16H23NO3S/c1-10(2)12-5-7-13(8-6-12)17-14(18)9-21-15(11(3)4)16(19)20/h5-8,10-11,15H,9H2,1-4H3,(H,17,18)(H,19,20). The highest BCUT2D eigenvalue weighted by atomic mass is 32.2. The molecule has 116 valence electrons. The summed E-state index contributed by atoms with van der Waals surface area (Å²) >= 11 is 1.16. The minimum atomic E-state index is -0.871. The van der Waals surface area contributed by atoms with E-state index in [9.17, 15) is 9.59 Å². The molecule has 0 saturated heterocycles. The number of hydrogen-bond acceptors (Lipinski definition) is 3. The molecule has 2 N–H and O–H groups in total. The van der Waals surface area contributed by atoms with E-state index < -0.39 is 11.2 Å². The monoisotopic (exact) mass is 309 g/mol. The molecule has 0 aliphatic carbocycles. The van der Waals surface area contributed by atoms with Crippen molar-refractivity contribution >= 4 is 29.3 Å². The molecule has 0 bridgehead atoms. The first-order valence-corrected chi connectivity index (χ1v) is 8.10. The molecule has 0 aromatic heterocycles. The highest BCUT2D eigenvalue weighted by Crippen LogP contribution is 2.21. The first-order valence-electron chi connectivity index (χ1n) is 7.05. The summed E-state index contributed by atoms with van der Waals surface area (Å²) in [6.07, 6.45) is 0. The van der Waals surface area contributed by atoms with E-state index in [1.165, 1.54) is 5.56 Å². The van der Waals surface area contributed by atoms with Crippen LogP contribution in [-0.2, 0) is 9.59 Å². The van der Waals surface area contributed by atoms with Gasteiger partial charge in [0.2, 0.25) is 5.91 Å². The van der Waals surface area contributed by atoms with Gasteiger partial charge in [-0.05, 0) is 29.5 Å². The lowest BCUT2D eigenvalue weighted by Crippen LogP contribution is -2.25. The number of rotatable bonds is 7. The predicted octanol–water partition coefficient (Wildman–Crippen LogP) is 3.59. The average Bonchev–Trinajstić information content (AvgIpc) is 2.38. The largest absolute Gasteiger partial charge is 0.480 e. The average molecular weight is 309 g/mol. The molecule has 5 heteroatoms. The molecule has 0 aliphatic rings. The van der Waals surface area contributed by atoms with E-state index in [1.807, 2.05) is 38.1 Å². The maximum Gasteiger partial charge on any atom is 0.316 e. The van der Waals surface area contributed by atoms with Gasteiger partial charge in [0.1, 0.15) is 5.25 Å². The smallest absolute Gasteiger partial charge is 0.316 e. The third-order valence-electron chi connectivity index (χ3n) is 3.10. The van der Waals surface area contributed by atoms with Gasteiger partial charge in [-0.25, -0.2) is 0 Å². The van der Waals surface area contributed by atoms with Crippen LogP contribution in [0, 0.1) is 5.92 Å². The molecule has 4 nitrogen and oxygen atoms in total. The van der Waals surface area contributed by atoms with Crippen molar-refractivity contribution in [2.75, 3.05) is 11.1 Å². The fourth-order valence-corrected chi connectivity index (χ4v) is 2.79. The quantitative estimate of drug-likeness (QED) is 0.808. The number of anilines is 1. The molecule has 0 fully saturated rings. The summed E-state index contributed by atoms with van der Waals surface area (Å²) in [5.41, 5.74) is 1.95. The molecule has 1 amide bonds. The maximum atomic E-state index is 11.9. The molecule has 0 heterocycles. The van der Waals surface area contributed by atoms with E-state index in [-0.39, 0.29) is 17.6 Å². The van der Waals surface area contributed by atoms with E-state index in [2.05, 4.69) is 19.2 Å². The minimum absolute atomic E-state index is 0.00868. The van der Waals surface area contributed by atoms with Gasteiger partial charge in [-0.3, -0.25) is 9.59 Å². The van der Waals surface area contributed by atoms with Gasteiger partial charge in [0.05, 0.1) is 5.75 Å². The van der Waals surface area contributed by atoms with E-state index in [0.29, 0.717) is 5.92 Å². The Bertz CT molecular complexity index is 483. The highest BCUT2D eigenvalue weighted by Gasteiger charge is 2.22. The molecule has 21 heavy (non-hydrogen) atoms. The van der Waals surface area contributed by atoms with Gasteiger partial charge in [-0.1, -0.05) is 39.8 Å². The summed E-state index contributed by atoms with van der Waals surface area (Å²) in [6.45, 7) is 7.91. The molecule has 0 aliphatic heterocycles. The van der Waals surface area contributed by atoms with Crippen molar-refractivity contribution in [3.8, 4) is 0 Å². The van der Waals surface area contributed by atoms with Crippen molar-refractivity contribution in [2.24, 2.45) is 5.92 Å². The number of carbonyl (C=O) groups excluding carboxylic acids is 1. The molecule has 0 saturated carbocycles. The van der Waals surface area contributed by atoms with Gasteiger partial charge in [-0.2, -0.15) is 0 Å². The molecule has 0 radical (unpaired) electrons. The van der Waals surface area contributed by atoms with Gasteiger partial charge < -0.3 is 10.4 Å². The Kier molecular flexibility index (Phi) is 6.75. The minimum Gasteiger partial charge on any atom is -0.480 e. The Labute approximate surface area is 130 Å². The van der Waals surface area contributed by atoms with Crippen LogP contribution in [0.3, 0.4) is 0 Å². The van der Waals surface area contributed by atoms with Gasteiger partial charge in [0.15, 0.2) is 0 Å². The number of carboxylic acid groups (broad SMARTS) is 1. The SMILES string of the molecule is CC(C)c1ccc(NC(=O)CSC(C(=O)O)C(C)C)cc1. The molecule has 0 spiro atoms. The highest BCUT2D eigenvalue weighted by molar-refractivity contribution is 8.01. The van der Waals surface area contributed by atoms with Crippen LogP contribution in [-0.4, -0.2) is 28.0 Å². The van der Waals surface area contributed by atoms with Crippen molar-refractivity contribution in [2.45, 2.75) is 38.9 Å². The number of carbonyl (C=O) groups is 2. The number of nitrogens with one attached hydrogen (secondary N) is 1. The van der Waals surface area contributed by atoms with Crippen molar-refractivity contribution in [1.29, 1.82) is 0 Å². The van der Waals surface area contributed by atoms with Crippen LogP contribution in [0.25, 0.3) is 0 Å². The van der Waals surface area contributed by atoms with Crippen LogP contribution >= 0.6 is 11.8 Å². The summed E-state index contributed by atoms with van der Waals surface area (Å²) in [4.78, 5) is 22.9. The Hall–Kier alpha value is -1.49. The van der Waals surface area contributed by atoms with Crippen LogP contribution in [0.15, 0.2) is 24.3 Å². The second-order valence-electron chi connectivity index (χ2n) is 5.64. The number of carboxylic acids is 1. The second kappa shape index (κ2) is 8.08. The zero-order valence-electron chi connectivity index (χ0n) is 12.9. The van der Waals surface area contributed by atoms with Gasteiger partial charge in [0.25, 0.3) is 0 Å². The van der Waals surface area contributed by atoms with E-state index in [1.54, 1.807) is 0 Å². The van der Waals surface area contributed by atoms with Crippen LogP contribution in [0.5, 0.6) is 0 Å². The fraction of sp³-hybridized carbons (Fsp3) is 0.500. The normalized spacial score (nSPS) is 12.5. The summed E-state index contributed by atoms with van der Waals surface area (Å²) < 4.78 is 0. The van der Waals surface area contributed by atoms with Crippen molar-refractivity contribution < 1.29 is 14.7 Å². The molecule has 1 rings (SSSR count). The number of amides is 1. The lowest BCUT2D eigenvalue weighted by molar-refractivity contribution is -0.137. The molecular formula is C16H23NO3S. The summed E-state index contributed by atoms with van der Waals surface area (Å²) in [5, 5.41) is 11.3. The van der Waals surface area contributed by atoms with Crippen LogP contribution in [0.2, 0.25) is 0 Å². The lowest BCUT2D eigenvalue weighted by Gasteiger charge is -2.15. The maximum absolute atomic E-state index is 11.9. The Morgan fingerprint density at radius 2 is 1.71 bits per heavy atom. The number of aliphatic carboxylic acids is 1. The van der Waals surface area contributed by atoms with Crippen molar-refractivity contribution in [3.63, 3.8) is 0 Å². The molecule has 1 aromatic rings. The van der Waals surface area contributed by atoms with Gasteiger partial charge in [0, 0.05) is 5.69 Å². The zero-order chi connectivity index (χ0) is 16.0.